The molecular formula is C10H9Br2NO2. The van der Waals surface area contributed by atoms with Crippen LogP contribution in [0.25, 0.3) is 6.08 Å². The molecule has 2 N–H and O–H groups in total. The maximum Gasteiger partial charge on any atom is 0.344 e. The average molecular weight is 335 g/mol. The zero-order chi connectivity index (χ0) is 11.4. The molecule has 0 unspecified atom stereocenters. The van der Waals surface area contributed by atoms with Gasteiger partial charge >= 0.3 is 5.97 Å². The van der Waals surface area contributed by atoms with E-state index in [4.69, 9.17) is 5.73 Å². The molecule has 0 bridgehead atoms. The molecule has 0 atom stereocenters. The average Bonchev–Trinajstić information content (AvgIpc) is 2.22. The van der Waals surface area contributed by atoms with Gasteiger partial charge in [-0.3, -0.25) is 0 Å². The number of nitrogen functional groups attached to an aromatic ring is 1. The predicted molar refractivity (Wildman–Crippen MR) is 67.5 cm³/mol. The number of hydrogen-bond acceptors (Lipinski definition) is 3. The number of halogens is 2. The first-order valence-electron chi connectivity index (χ1n) is 4.05. The van der Waals surface area contributed by atoms with Crippen molar-refractivity contribution in [3.05, 3.63) is 32.7 Å². The first kappa shape index (κ1) is 12.3. The first-order valence-corrected chi connectivity index (χ1v) is 5.63. The lowest BCUT2D eigenvalue weighted by atomic mass is 10.1. The number of carbonyl (C=O) groups excluding carboxylic acids is 1. The fraction of sp³-hybridized carbons (Fsp3) is 0.100. The van der Waals surface area contributed by atoms with E-state index in [-0.39, 0.29) is 0 Å². The summed E-state index contributed by atoms with van der Waals surface area (Å²) in [6, 6.07) is 5.41. The summed E-state index contributed by atoms with van der Waals surface area (Å²) in [5.74, 6) is -0.436. The lowest BCUT2D eigenvalue weighted by Crippen LogP contribution is -1.99. The molecular weight excluding hydrogens is 326 g/mol. The molecule has 0 amide bonds. The first-order chi connectivity index (χ1) is 7.04. The molecule has 0 saturated heterocycles. The lowest BCUT2D eigenvalue weighted by Gasteiger charge is -2.02. The number of anilines is 1. The van der Waals surface area contributed by atoms with Gasteiger partial charge in [-0.1, -0.05) is 15.9 Å². The minimum absolute atomic E-state index is 0.329. The van der Waals surface area contributed by atoms with Gasteiger partial charge in [-0.2, -0.15) is 0 Å². The minimum atomic E-state index is -0.436. The van der Waals surface area contributed by atoms with E-state index in [1.54, 1.807) is 12.1 Å². The summed E-state index contributed by atoms with van der Waals surface area (Å²) in [7, 11) is 1.32. The maximum absolute atomic E-state index is 11.1. The molecule has 80 valence electrons. The van der Waals surface area contributed by atoms with Gasteiger partial charge < -0.3 is 10.5 Å². The van der Waals surface area contributed by atoms with Gasteiger partial charge in [0.1, 0.15) is 4.48 Å². The van der Waals surface area contributed by atoms with Crippen LogP contribution in [0.3, 0.4) is 0 Å². The monoisotopic (exact) mass is 333 g/mol. The fourth-order valence-electron chi connectivity index (χ4n) is 0.964. The third kappa shape index (κ3) is 3.35. The van der Waals surface area contributed by atoms with Gasteiger partial charge in [0.15, 0.2) is 0 Å². The largest absolute Gasteiger partial charge is 0.465 e. The van der Waals surface area contributed by atoms with E-state index >= 15 is 0 Å². The van der Waals surface area contributed by atoms with Gasteiger partial charge in [0, 0.05) is 10.2 Å². The number of carbonyl (C=O) groups is 1. The third-order valence-electron chi connectivity index (χ3n) is 1.71. The van der Waals surface area contributed by atoms with Crippen LogP contribution < -0.4 is 5.73 Å². The van der Waals surface area contributed by atoms with E-state index in [1.165, 1.54) is 7.11 Å². The Hall–Kier alpha value is -0.810. The predicted octanol–water partition coefficient (Wildman–Crippen LogP) is 2.94. The number of benzene rings is 1. The van der Waals surface area contributed by atoms with Crippen molar-refractivity contribution < 1.29 is 9.53 Å². The van der Waals surface area contributed by atoms with Crippen molar-refractivity contribution in [1.82, 2.24) is 0 Å². The summed E-state index contributed by atoms with van der Waals surface area (Å²) >= 11 is 6.44. The van der Waals surface area contributed by atoms with Crippen LogP contribution in [0.1, 0.15) is 5.56 Å². The van der Waals surface area contributed by atoms with Crippen molar-refractivity contribution in [3.8, 4) is 0 Å². The molecule has 0 heterocycles. The minimum Gasteiger partial charge on any atom is -0.465 e. The quantitative estimate of drug-likeness (QED) is 0.514. The van der Waals surface area contributed by atoms with Crippen molar-refractivity contribution >= 4 is 49.6 Å². The Morgan fingerprint density at radius 2 is 2.20 bits per heavy atom. The maximum atomic E-state index is 11.1. The highest BCUT2D eigenvalue weighted by atomic mass is 79.9. The van der Waals surface area contributed by atoms with Crippen molar-refractivity contribution in [2.75, 3.05) is 12.8 Å². The molecule has 3 nitrogen and oxygen atoms in total. The summed E-state index contributed by atoms with van der Waals surface area (Å²) in [4.78, 5) is 11.1. The molecule has 0 aliphatic heterocycles. The Morgan fingerprint density at radius 3 is 2.80 bits per heavy atom. The van der Waals surface area contributed by atoms with Crippen LogP contribution in [0.5, 0.6) is 0 Å². The smallest absolute Gasteiger partial charge is 0.344 e. The van der Waals surface area contributed by atoms with E-state index in [0.29, 0.717) is 10.2 Å². The highest BCUT2D eigenvalue weighted by molar-refractivity contribution is 9.12. The number of methoxy groups -OCH3 is 1. The molecule has 0 fully saturated rings. The van der Waals surface area contributed by atoms with Crippen LogP contribution in [0.15, 0.2) is 27.2 Å². The Bertz CT molecular complexity index is 416. The highest BCUT2D eigenvalue weighted by Gasteiger charge is 2.06. The molecule has 0 radical (unpaired) electrons. The molecule has 0 saturated carbocycles. The Kier molecular flexibility index (Phi) is 4.35. The molecule has 1 aromatic carbocycles. The molecule has 1 rings (SSSR count). The number of hydrogen-bond donors (Lipinski definition) is 1. The van der Waals surface area contributed by atoms with Crippen LogP contribution in [-0.4, -0.2) is 13.1 Å². The van der Waals surface area contributed by atoms with Crippen LogP contribution in [0, 0.1) is 0 Å². The van der Waals surface area contributed by atoms with Crippen molar-refractivity contribution in [2.45, 2.75) is 0 Å². The van der Waals surface area contributed by atoms with E-state index in [9.17, 15) is 4.79 Å². The van der Waals surface area contributed by atoms with Gasteiger partial charge in [0.2, 0.25) is 0 Å². The molecule has 15 heavy (non-hydrogen) atoms. The number of rotatable bonds is 2. The summed E-state index contributed by atoms with van der Waals surface area (Å²) in [5.41, 5.74) is 7.09. The summed E-state index contributed by atoms with van der Waals surface area (Å²) in [6.07, 6.45) is 1.62. The van der Waals surface area contributed by atoms with E-state index in [2.05, 4.69) is 36.6 Å². The Labute approximate surface area is 105 Å². The van der Waals surface area contributed by atoms with Gasteiger partial charge in [-0.25, -0.2) is 4.79 Å². The summed E-state index contributed by atoms with van der Waals surface area (Å²) in [5, 5.41) is 0. The topological polar surface area (TPSA) is 52.3 Å². The van der Waals surface area contributed by atoms with E-state index < -0.39 is 5.97 Å². The summed E-state index contributed by atoms with van der Waals surface area (Å²) in [6.45, 7) is 0. The van der Waals surface area contributed by atoms with Crippen LogP contribution in [0.2, 0.25) is 0 Å². The zero-order valence-electron chi connectivity index (χ0n) is 7.96. The second-order valence-corrected chi connectivity index (χ2v) is 4.53. The number of nitrogens with two attached hydrogens (primary N) is 1. The van der Waals surface area contributed by atoms with Gasteiger partial charge in [0.25, 0.3) is 0 Å². The highest BCUT2D eigenvalue weighted by Crippen LogP contribution is 2.22. The second kappa shape index (κ2) is 5.32. The standard InChI is InChI=1S/C10H9Br2NO2/c1-15-10(14)8(12)5-6-4-7(11)2-3-9(6)13/h2-5H,13H2,1H3/b8-5-. The number of ether oxygens (including phenoxy) is 1. The van der Waals surface area contributed by atoms with E-state index in [1.807, 2.05) is 12.1 Å². The van der Waals surface area contributed by atoms with Crippen molar-refractivity contribution in [1.29, 1.82) is 0 Å². The lowest BCUT2D eigenvalue weighted by molar-refractivity contribution is -0.135. The van der Waals surface area contributed by atoms with E-state index in [0.717, 1.165) is 10.0 Å². The van der Waals surface area contributed by atoms with Gasteiger partial charge in [-0.05, 0) is 45.8 Å². The molecule has 0 spiro atoms. The second-order valence-electron chi connectivity index (χ2n) is 2.76. The molecule has 0 aliphatic carbocycles. The summed E-state index contributed by atoms with van der Waals surface area (Å²) < 4.78 is 5.77. The Morgan fingerprint density at radius 1 is 1.53 bits per heavy atom. The fourth-order valence-corrected chi connectivity index (χ4v) is 1.75. The van der Waals surface area contributed by atoms with Gasteiger partial charge in [-0.15, -0.1) is 0 Å². The van der Waals surface area contributed by atoms with Gasteiger partial charge in [0.05, 0.1) is 7.11 Å². The molecule has 0 aliphatic rings. The van der Waals surface area contributed by atoms with Crippen molar-refractivity contribution in [2.24, 2.45) is 0 Å². The Balaban J connectivity index is 3.07. The zero-order valence-corrected chi connectivity index (χ0v) is 11.1. The molecule has 5 heteroatoms. The molecule has 1 aromatic rings. The normalized spacial score (nSPS) is 11.3. The van der Waals surface area contributed by atoms with Crippen LogP contribution >= 0.6 is 31.9 Å². The number of esters is 1. The van der Waals surface area contributed by atoms with Crippen LogP contribution in [0.4, 0.5) is 5.69 Å². The third-order valence-corrected chi connectivity index (χ3v) is 2.76. The molecule has 0 aromatic heterocycles. The van der Waals surface area contributed by atoms with Crippen molar-refractivity contribution in [3.63, 3.8) is 0 Å². The van der Waals surface area contributed by atoms with Crippen LogP contribution in [-0.2, 0) is 9.53 Å². The SMILES string of the molecule is COC(=O)/C(Br)=C/c1cc(Br)ccc1N.